The molecule has 0 bridgehead atoms. The number of aliphatic hydroxyl groups is 1. The van der Waals surface area contributed by atoms with E-state index >= 15 is 0 Å². The van der Waals surface area contributed by atoms with Crippen molar-refractivity contribution in [3.05, 3.63) is 35.9 Å². The van der Waals surface area contributed by atoms with E-state index in [2.05, 4.69) is 0 Å². The molecule has 3 nitrogen and oxygen atoms in total. The predicted octanol–water partition coefficient (Wildman–Crippen LogP) is 2.28. The molecule has 17 heavy (non-hydrogen) atoms. The Morgan fingerprint density at radius 3 is 2.47 bits per heavy atom. The third kappa shape index (κ3) is 3.30. The summed E-state index contributed by atoms with van der Waals surface area (Å²) in [6, 6.07) is 9.64. The molecule has 0 radical (unpaired) electrons. The molecule has 1 rings (SSSR count). The smallest absolute Gasteiger partial charge is 0.315 e. The number of methoxy groups -OCH3 is 1. The number of unbranched alkanes of at least 4 members (excludes halogenated alkanes) is 1. The number of rotatable bonds is 6. The van der Waals surface area contributed by atoms with Crippen LogP contribution in [0.3, 0.4) is 0 Å². The predicted molar refractivity (Wildman–Crippen MR) is 66.7 cm³/mol. The highest BCUT2D eigenvalue weighted by molar-refractivity contribution is 5.82. The minimum Gasteiger partial charge on any atom is -0.468 e. The highest BCUT2D eigenvalue weighted by atomic mass is 16.5. The lowest BCUT2D eigenvalue weighted by molar-refractivity contribution is -0.147. The van der Waals surface area contributed by atoms with Gasteiger partial charge in [0.1, 0.15) is 0 Å². The zero-order chi connectivity index (χ0) is 12.7. The standard InChI is InChI=1S/C14H20O3/c1-14(13(16)17-2,10-6-7-11-15)12-8-4-3-5-9-12/h3-5,8-9,15H,6-7,10-11H2,1-2H3/t14-/m0/s1. The van der Waals surface area contributed by atoms with Gasteiger partial charge in [-0.15, -0.1) is 0 Å². The van der Waals surface area contributed by atoms with Crippen molar-refractivity contribution in [2.45, 2.75) is 31.6 Å². The molecule has 0 aromatic heterocycles. The van der Waals surface area contributed by atoms with Crippen molar-refractivity contribution in [3.63, 3.8) is 0 Å². The van der Waals surface area contributed by atoms with E-state index in [4.69, 9.17) is 9.84 Å². The number of benzene rings is 1. The lowest BCUT2D eigenvalue weighted by Gasteiger charge is -2.27. The molecule has 94 valence electrons. The minimum absolute atomic E-state index is 0.159. The van der Waals surface area contributed by atoms with Crippen LogP contribution in [0.4, 0.5) is 0 Å². The molecule has 0 saturated carbocycles. The Bertz CT molecular complexity index is 348. The molecule has 0 fully saturated rings. The number of carbonyl (C=O) groups excluding carboxylic acids is 1. The third-order valence-corrected chi connectivity index (χ3v) is 3.13. The van der Waals surface area contributed by atoms with Gasteiger partial charge in [-0.05, 0) is 31.7 Å². The van der Waals surface area contributed by atoms with Gasteiger partial charge in [0.25, 0.3) is 0 Å². The van der Waals surface area contributed by atoms with E-state index in [9.17, 15) is 4.79 Å². The van der Waals surface area contributed by atoms with Gasteiger partial charge in [0.2, 0.25) is 0 Å². The fraction of sp³-hybridized carbons (Fsp3) is 0.500. The normalized spacial score (nSPS) is 14.1. The topological polar surface area (TPSA) is 46.5 Å². The van der Waals surface area contributed by atoms with Gasteiger partial charge in [0.05, 0.1) is 12.5 Å². The summed E-state index contributed by atoms with van der Waals surface area (Å²) in [5.74, 6) is -0.221. The highest BCUT2D eigenvalue weighted by Gasteiger charge is 2.35. The minimum atomic E-state index is -0.620. The molecule has 0 unspecified atom stereocenters. The van der Waals surface area contributed by atoms with Crippen LogP contribution in [0.15, 0.2) is 30.3 Å². The van der Waals surface area contributed by atoms with Crippen molar-refractivity contribution < 1.29 is 14.6 Å². The van der Waals surface area contributed by atoms with Crippen LogP contribution in [-0.2, 0) is 14.9 Å². The second kappa shape index (κ2) is 6.40. The molecule has 1 aromatic carbocycles. The van der Waals surface area contributed by atoms with Crippen molar-refractivity contribution in [1.82, 2.24) is 0 Å². The summed E-state index contributed by atoms with van der Waals surface area (Å²) in [6.07, 6.45) is 2.20. The average molecular weight is 236 g/mol. The van der Waals surface area contributed by atoms with Gasteiger partial charge < -0.3 is 9.84 Å². The maximum Gasteiger partial charge on any atom is 0.315 e. The molecule has 1 aromatic rings. The summed E-state index contributed by atoms with van der Waals surface area (Å²) in [5.41, 5.74) is 0.343. The van der Waals surface area contributed by atoms with E-state index in [1.54, 1.807) is 0 Å². The fourth-order valence-corrected chi connectivity index (χ4v) is 1.99. The van der Waals surface area contributed by atoms with E-state index in [1.807, 2.05) is 37.3 Å². The molecule has 1 atom stereocenters. The van der Waals surface area contributed by atoms with Crippen molar-refractivity contribution in [2.75, 3.05) is 13.7 Å². The van der Waals surface area contributed by atoms with Crippen LogP contribution in [0.25, 0.3) is 0 Å². The van der Waals surface area contributed by atoms with Gasteiger partial charge >= 0.3 is 5.97 Å². The van der Waals surface area contributed by atoms with E-state index in [-0.39, 0.29) is 12.6 Å². The molecule has 3 heteroatoms. The maximum absolute atomic E-state index is 11.9. The van der Waals surface area contributed by atoms with Gasteiger partial charge in [-0.25, -0.2) is 0 Å². The molecule has 0 aliphatic carbocycles. The second-order valence-corrected chi connectivity index (χ2v) is 4.37. The van der Waals surface area contributed by atoms with Crippen LogP contribution in [0.5, 0.6) is 0 Å². The second-order valence-electron chi connectivity index (χ2n) is 4.37. The fourth-order valence-electron chi connectivity index (χ4n) is 1.99. The Morgan fingerprint density at radius 1 is 1.29 bits per heavy atom. The summed E-state index contributed by atoms with van der Waals surface area (Å²) in [4.78, 5) is 11.9. The molecule has 0 aliphatic rings. The largest absolute Gasteiger partial charge is 0.468 e. The molecule has 0 amide bonds. The zero-order valence-electron chi connectivity index (χ0n) is 10.5. The Balaban J connectivity index is 2.90. The third-order valence-electron chi connectivity index (χ3n) is 3.13. The number of ether oxygens (including phenoxy) is 1. The summed E-state index contributed by atoms with van der Waals surface area (Å²) in [6.45, 7) is 2.05. The first-order chi connectivity index (χ1) is 8.15. The van der Waals surface area contributed by atoms with E-state index in [1.165, 1.54) is 7.11 Å². The van der Waals surface area contributed by atoms with Crippen LogP contribution in [0.2, 0.25) is 0 Å². The van der Waals surface area contributed by atoms with Gasteiger partial charge in [-0.2, -0.15) is 0 Å². The van der Waals surface area contributed by atoms with Gasteiger partial charge in [-0.3, -0.25) is 4.79 Å². The first-order valence-corrected chi connectivity index (χ1v) is 5.90. The number of carbonyl (C=O) groups is 1. The summed E-state index contributed by atoms with van der Waals surface area (Å²) < 4.78 is 4.90. The number of aliphatic hydroxyl groups excluding tert-OH is 1. The molecular formula is C14H20O3. The Morgan fingerprint density at radius 2 is 1.94 bits per heavy atom. The van der Waals surface area contributed by atoms with E-state index in [0.29, 0.717) is 12.8 Å². The average Bonchev–Trinajstić information content (AvgIpc) is 2.39. The number of hydrogen-bond acceptors (Lipinski definition) is 3. The summed E-state index contributed by atoms with van der Waals surface area (Å²) in [5, 5.41) is 8.81. The van der Waals surface area contributed by atoms with Crippen molar-refractivity contribution >= 4 is 5.97 Å². The molecule has 0 aliphatic heterocycles. The van der Waals surface area contributed by atoms with Crippen molar-refractivity contribution in [1.29, 1.82) is 0 Å². The van der Waals surface area contributed by atoms with Crippen LogP contribution < -0.4 is 0 Å². The van der Waals surface area contributed by atoms with Gasteiger partial charge in [0, 0.05) is 6.61 Å². The molecule has 0 heterocycles. The molecule has 0 spiro atoms. The van der Waals surface area contributed by atoms with E-state index < -0.39 is 5.41 Å². The van der Waals surface area contributed by atoms with E-state index in [0.717, 1.165) is 12.0 Å². The Hall–Kier alpha value is -1.35. The maximum atomic E-state index is 11.9. The Labute approximate surface area is 102 Å². The zero-order valence-corrected chi connectivity index (χ0v) is 10.5. The first-order valence-electron chi connectivity index (χ1n) is 5.90. The van der Waals surface area contributed by atoms with Crippen LogP contribution in [0, 0.1) is 0 Å². The van der Waals surface area contributed by atoms with Crippen LogP contribution in [0.1, 0.15) is 31.7 Å². The Kier molecular flexibility index (Phi) is 5.16. The number of esters is 1. The quantitative estimate of drug-likeness (QED) is 0.609. The van der Waals surface area contributed by atoms with Crippen LogP contribution in [-0.4, -0.2) is 24.8 Å². The summed E-state index contributed by atoms with van der Waals surface area (Å²) in [7, 11) is 1.41. The van der Waals surface area contributed by atoms with Gasteiger partial charge in [-0.1, -0.05) is 30.3 Å². The lowest BCUT2D eigenvalue weighted by Crippen LogP contribution is -2.33. The molecule has 1 N–H and O–H groups in total. The highest BCUT2D eigenvalue weighted by Crippen LogP contribution is 2.30. The van der Waals surface area contributed by atoms with Crippen molar-refractivity contribution in [2.24, 2.45) is 0 Å². The van der Waals surface area contributed by atoms with Crippen LogP contribution >= 0.6 is 0 Å². The first kappa shape index (κ1) is 13.7. The molecule has 0 saturated heterocycles. The molecular weight excluding hydrogens is 216 g/mol. The van der Waals surface area contributed by atoms with Crippen molar-refractivity contribution in [3.8, 4) is 0 Å². The SMILES string of the molecule is COC(=O)[C@@](C)(CCCCO)c1ccccc1. The number of hydrogen-bond donors (Lipinski definition) is 1. The van der Waals surface area contributed by atoms with Gasteiger partial charge in [0.15, 0.2) is 0 Å². The monoisotopic (exact) mass is 236 g/mol. The summed E-state index contributed by atoms with van der Waals surface area (Å²) >= 11 is 0. The lowest BCUT2D eigenvalue weighted by atomic mass is 9.78.